The Labute approximate surface area is 91.1 Å². The van der Waals surface area contributed by atoms with Crippen LogP contribution in [0.2, 0.25) is 0 Å². The highest BCUT2D eigenvalue weighted by molar-refractivity contribution is 5.43. The van der Waals surface area contributed by atoms with Crippen LogP contribution in [0.5, 0.6) is 0 Å². The Bertz CT molecular complexity index is 363. The van der Waals surface area contributed by atoms with Crippen molar-refractivity contribution < 1.29 is 0 Å². The molecule has 0 bridgehead atoms. The molecule has 0 spiro atoms. The molecule has 15 heavy (non-hydrogen) atoms. The first-order valence-corrected chi connectivity index (χ1v) is 5.22. The van der Waals surface area contributed by atoms with Crippen molar-refractivity contribution >= 4 is 5.82 Å². The lowest BCUT2D eigenvalue weighted by molar-refractivity contribution is 0.509. The molecule has 80 valence electrons. The molecule has 3 heteroatoms. The molecular formula is C12H17N3. The molecular weight excluding hydrogens is 186 g/mol. The highest BCUT2D eigenvalue weighted by Gasteiger charge is 2.16. The van der Waals surface area contributed by atoms with E-state index < -0.39 is 0 Å². The van der Waals surface area contributed by atoms with E-state index in [1.807, 2.05) is 0 Å². The molecule has 0 saturated carbocycles. The number of rotatable bonds is 4. The summed E-state index contributed by atoms with van der Waals surface area (Å²) in [5.74, 6) is 0.771. The fourth-order valence-electron chi connectivity index (χ4n) is 1.60. The molecule has 1 aromatic rings. The van der Waals surface area contributed by atoms with Gasteiger partial charge >= 0.3 is 0 Å². The van der Waals surface area contributed by atoms with E-state index in [1.165, 1.54) is 0 Å². The topological polar surface area (TPSA) is 48.7 Å². The zero-order chi connectivity index (χ0) is 11.3. The molecule has 3 nitrogen and oxygen atoms in total. The van der Waals surface area contributed by atoms with Gasteiger partial charge in [-0.2, -0.15) is 5.26 Å². The molecule has 1 aromatic heterocycles. The van der Waals surface area contributed by atoms with E-state index in [0.717, 1.165) is 18.7 Å². The van der Waals surface area contributed by atoms with Gasteiger partial charge in [-0.1, -0.05) is 13.3 Å². The lowest BCUT2D eigenvalue weighted by Gasteiger charge is -2.26. The summed E-state index contributed by atoms with van der Waals surface area (Å²) in [5, 5.41) is 12.1. The molecule has 0 aliphatic carbocycles. The number of aromatic nitrogens is 1. The number of hydrogen-bond donors (Lipinski definition) is 1. The third kappa shape index (κ3) is 3.59. The second kappa shape index (κ2) is 4.79. The quantitative estimate of drug-likeness (QED) is 0.818. The Hall–Kier alpha value is -1.56. The molecule has 0 aliphatic heterocycles. The van der Waals surface area contributed by atoms with E-state index >= 15 is 0 Å². The number of nitriles is 1. The van der Waals surface area contributed by atoms with Gasteiger partial charge < -0.3 is 5.32 Å². The van der Waals surface area contributed by atoms with Gasteiger partial charge in [0, 0.05) is 11.7 Å². The van der Waals surface area contributed by atoms with Crippen LogP contribution in [0, 0.1) is 11.3 Å². The highest BCUT2D eigenvalue weighted by Crippen LogP contribution is 2.18. The van der Waals surface area contributed by atoms with Crippen LogP contribution in [0.15, 0.2) is 18.3 Å². The Morgan fingerprint density at radius 1 is 1.53 bits per heavy atom. The minimum atomic E-state index is 0.0236. The smallest absolute Gasteiger partial charge is 0.127 e. The van der Waals surface area contributed by atoms with Gasteiger partial charge in [-0.05, 0) is 32.4 Å². The van der Waals surface area contributed by atoms with Gasteiger partial charge in [0.1, 0.15) is 5.82 Å². The predicted octanol–water partition coefficient (Wildman–Crippen LogP) is 2.94. The van der Waals surface area contributed by atoms with Crippen LogP contribution in [0.25, 0.3) is 0 Å². The number of anilines is 1. The third-order valence-corrected chi connectivity index (χ3v) is 2.23. The lowest BCUT2D eigenvalue weighted by Crippen LogP contribution is -2.30. The van der Waals surface area contributed by atoms with E-state index in [1.54, 1.807) is 18.3 Å². The summed E-state index contributed by atoms with van der Waals surface area (Å²) >= 11 is 0. The van der Waals surface area contributed by atoms with Gasteiger partial charge in [0.25, 0.3) is 0 Å². The van der Waals surface area contributed by atoms with E-state index in [-0.39, 0.29) is 5.54 Å². The van der Waals surface area contributed by atoms with Gasteiger partial charge in [-0.15, -0.1) is 0 Å². The molecule has 0 aliphatic rings. The fraction of sp³-hybridized carbons (Fsp3) is 0.500. The SMILES string of the molecule is CCCC(C)(C)Nc1cc(C#N)ccn1. The first kappa shape index (κ1) is 11.5. The maximum absolute atomic E-state index is 8.76. The summed E-state index contributed by atoms with van der Waals surface area (Å²) in [7, 11) is 0. The van der Waals surface area contributed by atoms with Crippen LogP contribution in [0.1, 0.15) is 39.2 Å². The Morgan fingerprint density at radius 3 is 2.87 bits per heavy atom. The van der Waals surface area contributed by atoms with E-state index in [0.29, 0.717) is 5.56 Å². The maximum atomic E-state index is 8.76. The van der Waals surface area contributed by atoms with Gasteiger partial charge in [0.2, 0.25) is 0 Å². The zero-order valence-corrected chi connectivity index (χ0v) is 9.54. The molecule has 0 amide bonds. The second-order valence-corrected chi connectivity index (χ2v) is 4.30. The number of nitrogens with one attached hydrogen (secondary N) is 1. The molecule has 0 fully saturated rings. The van der Waals surface area contributed by atoms with Crippen molar-refractivity contribution in [2.45, 2.75) is 39.2 Å². The van der Waals surface area contributed by atoms with Crippen molar-refractivity contribution in [3.8, 4) is 6.07 Å². The fourth-order valence-corrected chi connectivity index (χ4v) is 1.60. The van der Waals surface area contributed by atoms with Crippen LogP contribution < -0.4 is 5.32 Å². The standard InChI is InChI=1S/C12H17N3/c1-4-6-12(2,3)15-11-8-10(9-13)5-7-14-11/h5,7-8H,4,6H2,1-3H3,(H,14,15). The minimum Gasteiger partial charge on any atom is -0.365 e. The van der Waals surface area contributed by atoms with Crippen LogP contribution in [0.4, 0.5) is 5.82 Å². The van der Waals surface area contributed by atoms with Gasteiger partial charge in [-0.3, -0.25) is 0 Å². The minimum absolute atomic E-state index is 0.0236. The first-order chi connectivity index (χ1) is 7.07. The normalized spacial score (nSPS) is 10.8. The lowest BCUT2D eigenvalue weighted by atomic mass is 9.99. The van der Waals surface area contributed by atoms with Crippen LogP contribution >= 0.6 is 0 Å². The van der Waals surface area contributed by atoms with Crippen molar-refractivity contribution in [3.63, 3.8) is 0 Å². The average molecular weight is 203 g/mol. The number of hydrogen-bond acceptors (Lipinski definition) is 3. The van der Waals surface area contributed by atoms with Crippen LogP contribution in [-0.2, 0) is 0 Å². The zero-order valence-electron chi connectivity index (χ0n) is 9.54. The van der Waals surface area contributed by atoms with Crippen molar-refractivity contribution in [2.24, 2.45) is 0 Å². The van der Waals surface area contributed by atoms with E-state index in [9.17, 15) is 0 Å². The summed E-state index contributed by atoms with van der Waals surface area (Å²) in [4.78, 5) is 4.19. The van der Waals surface area contributed by atoms with Crippen molar-refractivity contribution in [1.82, 2.24) is 4.98 Å². The molecule has 0 radical (unpaired) electrons. The maximum Gasteiger partial charge on any atom is 0.127 e. The van der Waals surface area contributed by atoms with E-state index in [4.69, 9.17) is 5.26 Å². The summed E-state index contributed by atoms with van der Waals surface area (Å²) < 4.78 is 0. The highest BCUT2D eigenvalue weighted by atomic mass is 15.0. The van der Waals surface area contributed by atoms with Crippen LogP contribution in [-0.4, -0.2) is 10.5 Å². The summed E-state index contributed by atoms with van der Waals surface area (Å²) in [5.41, 5.74) is 0.662. The molecule has 0 saturated heterocycles. The average Bonchev–Trinajstić information content (AvgIpc) is 2.17. The van der Waals surface area contributed by atoms with Crippen LogP contribution in [0.3, 0.4) is 0 Å². The van der Waals surface area contributed by atoms with Gasteiger partial charge in [0.15, 0.2) is 0 Å². The first-order valence-electron chi connectivity index (χ1n) is 5.22. The predicted molar refractivity (Wildman–Crippen MR) is 61.6 cm³/mol. The molecule has 1 N–H and O–H groups in total. The molecule has 0 unspecified atom stereocenters. The molecule has 1 rings (SSSR count). The summed E-state index contributed by atoms with van der Waals surface area (Å²) in [6.45, 7) is 6.43. The van der Waals surface area contributed by atoms with Gasteiger partial charge in [-0.25, -0.2) is 4.98 Å². The molecule has 0 atom stereocenters. The molecule has 1 heterocycles. The summed E-state index contributed by atoms with van der Waals surface area (Å²) in [6.07, 6.45) is 3.85. The molecule has 0 aromatic carbocycles. The number of nitrogens with zero attached hydrogens (tertiary/aromatic N) is 2. The van der Waals surface area contributed by atoms with Crippen molar-refractivity contribution in [3.05, 3.63) is 23.9 Å². The largest absolute Gasteiger partial charge is 0.365 e. The number of pyridine rings is 1. The Balaban J connectivity index is 2.76. The van der Waals surface area contributed by atoms with Crippen molar-refractivity contribution in [2.75, 3.05) is 5.32 Å². The Kier molecular flexibility index (Phi) is 3.68. The van der Waals surface area contributed by atoms with Crippen molar-refractivity contribution in [1.29, 1.82) is 5.26 Å². The second-order valence-electron chi connectivity index (χ2n) is 4.30. The van der Waals surface area contributed by atoms with Gasteiger partial charge in [0.05, 0.1) is 11.6 Å². The van der Waals surface area contributed by atoms with E-state index in [2.05, 4.69) is 37.1 Å². The summed E-state index contributed by atoms with van der Waals surface area (Å²) in [6, 6.07) is 5.59. The third-order valence-electron chi connectivity index (χ3n) is 2.23. The monoisotopic (exact) mass is 203 g/mol. The Morgan fingerprint density at radius 2 is 2.27 bits per heavy atom.